The van der Waals surface area contributed by atoms with E-state index < -0.39 is 11.8 Å². The number of carbonyl (C=O) groups excluding carboxylic acids is 1. The van der Waals surface area contributed by atoms with Crippen LogP contribution in [0.5, 0.6) is 0 Å². The third-order valence-corrected chi connectivity index (χ3v) is 5.62. The van der Waals surface area contributed by atoms with E-state index in [1.807, 2.05) is 18.2 Å². The van der Waals surface area contributed by atoms with Crippen LogP contribution in [-0.2, 0) is 16.0 Å². The number of aliphatic carboxylic acids is 1. The average molecular weight is 410 g/mol. The van der Waals surface area contributed by atoms with Crippen molar-refractivity contribution in [2.45, 2.75) is 50.5 Å². The predicted molar refractivity (Wildman–Crippen MR) is 110 cm³/mol. The quantitative estimate of drug-likeness (QED) is 0.653. The van der Waals surface area contributed by atoms with Crippen LogP contribution in [0.3, 0.4) is 0 Å². The Bertz CT molecular complexity index is 1080. The molecule has 7 heteroatoms. The van der Waals surface area contributed by atoms with Crippen molar-refractivity contribution in [3.63, 3.8) is 0 Å². The zero-order valence-corrected chi connectivity index (χ0v) is 16.4. The first-order chi connectivity index (χ1) is 14.4. The Morgan fingerprint density at radius 3 is 2.57 bits per heavy atom. The van der Waals surface area contributed by atoms with Crippen LogP contribution >= 0.6 is 0 Å². The number of pyridine rings is 1. The van der Waals surface area contributed by atoms with E-state index in [1.165, 1.54) is 6.07 Å². The van der Waals surface area contributed by atoms with E-state index in [2.05, 4.69) is 10.3 Å². The molecule has 6 nitrogen and oxygen atoms in total. The number of aromatic nitrogens is 1. The minimum absolute atomic E-state index is 0.0385. The summed E-state index contributed by atoms with van der Waals surface area (Å²) in [5.74, 6) is -1.20. The number of carboxylic acids is 1. The van der Waals surface area contributed by atoms with Gasteiger partial charge in [-0.15, -0.1) is 0 Å². The van der Waals surface area contributed by atoms with Crippen molar-refractivity contribution in [1.29, 1.82) is 0 Å². The zero-order chi connectivity index (χ0) is 21.3. The number of H-pyrrole nitrogens is 1. The van der Waals surface area contributed by atoms with Crippen molar-refractivity contribution >= 4 is 17.4 Å². The Morgan fingerprint density at radius 2 is 1.97 bits per heavy atom. The zero-order valence-electron chi connectivity index (χ0n) is 16.4. The molecule has 0 unspecified atom stereocenters. The smallest absolute Gasteiger partial charge is 0.303 e. The summed E-state index contributed by atoms with van der Waals surface area (Å²) in [6.07, 6.45) is 4.89. The number of nitrogens with one attached hydrogen (secondary N) is 2. The van der Waals surface area contributed by atoms with Crippen LogP contribution < -0.4 is 10.9 Å². The van der Waals surface area contributed by atoms with Gasteiger partial charge in [-0.05, 0) is 54.9 Å². The van der Waals surface area contributed by atoms with Gasteiger partial charge in [0, 0.05) is 35.7 Å². The number of benzene rings is 1. The van der Waals surface area contributed by atoms with Crippen molar-refractivity contribution in [2.75, 3.05) is 0 Å². The van der Waals surface area contributed by atoms with Crippen molar-refractivity contribution < 1.29 is 19.1 Å². The second kappa shape index (κ2) is 8.26. The molecule has 3 N–H and O–H groups in total. The maximum atomic E-state index is 14.6. The number of carboxylic acid groups (broad SMARTS) is 1. The first-order valence-corrected chi connectivity index (χ1v) is 10.2. The highest BCUT2D eigenvalue weighted by Gasteiger charge is 2.27. The summed E-state index contributed by atoms with van der Waals surface area (Å²) in [5, 5.41) is 11.7. The molecule has 1 amide bonds. The molecule has 1 aromatic carbocycles. The summed E-state index contributed by atoms with van der Waals surface area (Å²) < 4.78 is 14.6. The van der Waals surface area contributed by atoms with Crippen LogP contribution in [0.4, 0.5) is 4.39 Å². The second-order valence-corrected chi connectivity index (χ2v) is 7.92. The van der Waals surface area contributed by atoms with E-state index in [4.69, 9.17) is 5.11 Å². The van der Waals surface area contributed by atoms with Crippen molar-refractivity contribution in [1.82, 2.24) is 10.3 Å². The monoisotopic (exact) mass is 410 g/mol. The molecular weight excluding hydrogens is 387 g/mol. The van der Waals surface area contributed by atoms with Gasteiger partial charge in [0.1, 0.15) is 5.82 Å². The van der Waals surface area contributed by atoms with Gasteiger partial charge in [-0.25, -0.2) is 4.39 Å². The molecule has 0 spiro atoms. The van der Waals surface area contributed by atoms with Gasteiger partial charge < -0.3 is 15.4 Å². The van der Waals surface area contributed by atoms with E-state index in [1.54, 1.807) is 12.1 Å². The number of hydrogen-bond donors (Lipinski definition) is 3. The topological polar surface area (TPSA) is 99.3 Å². The summed E-state index contributed by atoms with van der Waals surface area (Å²) in [6.45, 7) is 0. The highest BCUT2D eigenvalue weighted by Crippen LogP contribution is 2.38. The third-order valence-electron chi connectivity index (χ3n) is 5.62. The van der Waals surface area contributed by atoms with Crippen LogP contribution in [0, 0.1) is 5.82 Å². The molecule has 1 aliphatic heterocycles. The SMILES string of the molecule is O=C(O)CCc1ccc(/C(=C\[C@H]2CCC(=O)N2)c2ccc(C3CC3)c(=O)[nH]2)cc1F. The Morgan fingerprint density at radius 1 is 1.17 bits per heavy atom. The van der Waals surface area contributed by atoms with Crippen LogP contribution in [0.15, 0.2) is 41.2 Å². The Hall–Kier alpha value is -3.22. The molecule has 30 heavy (non-hydrogen) atoms. The first kappa shape index (κ1) is 20.1. The van der Waals surface area contributed by atoms with Crippen LogP contribution in [-0.4, -0.2) is 28.0 Å². The van der Waals surface area contributed by atoms with E-state index in [9.17, 15) is 18.8 Å². The first-order valence-electron chi connectivity index (χ1n) is 10.2. The number of halogens is 1. The summed E-state index contributed by atoms with van der Waals surface area (Å²) in [7, 11) is 0. The molecule has 1 saturated heterocycles. The molecule has 4 rings (SSSR count). The highest BCUT2D eigenvalue weighted by molar-refractivity contribution is 5.82. The largest absolute Gasteiger partial charge is 0.481 e. The van der Waals surface area contributed by atoms with Crippen LogP contribution in [0.25, 0.3) is 5.57 Å². The number of aromatic amines is 1. The number of amides is 1. The lowest BCUT2D eigenvalue weighted by atomic mass is 9.96. The van der Waals surface area contributed by atoms with Gasteiger partial charge in [0.05, 0.1) is 0 Å². The van der Waals surface area contributed by atoms with Crippen LogP contribution in [0.2, 0.25) is 0 Å². The Kier molecular flexibility index (Phi) is 5.53. The van der Waals surface area contributed by atoms with Crippen LogP contribution in [0.1, 0.15) is 60.4 Å². The lowest BCUT2D eigenvalue weighted by Gasteiger charge is -2.14. The normalized spacial score (nSPS) is 19.0. The average Bonchev–Trinajstić information content (AvgIpc) is 3.46. The van der Waals surface area contributed by atoms with Gasteiger partial charge in [0.15, 0.2) is 0 Å². The minimum Gasteiger partial charge on any atom is -0.481 e. The fourth-order valence-corrected chi connectivity index (χ4v) is 3.82. The molecular formula is C23H23FN2O4. The highest BCUT2D eigenvalue weighted by atomic mass is 19.1. The molecule has 2 fully saturated rings. The molecule has 1 aromatic heterocycles. The molecule has 2 aromatic rings. The molecule has 1 aliphatic carbocycles. The summed E-state index contributed by atoms with van der Waals surface area (Å²) in [4.78, 5) is 37.8. The second-order valence-electron chi connectivity index (χ2n) is 7.92. The molecule has 0 bridgehead atoms. The van der Waals surface area contributed by atoms with Gasteiger partial charge in [0.25, 0.3) is 5.56 Å². The molecule has 1 saturated carbocycles. The van der Waals surface area contributed by atoms with E-state index in [-0.39, 0.29) is 30.3 Å². The van der Waals surface area contributed by atoms with Crippen molar-refractivity contribution in [3.05, 3.63) is 75.0 Å². The van der Waals surface area contributed by atoms with Gasteiger partial charge in [-0.3, -0.25) is 14.4 Å². The Balaban J connectivity index is 1.70. The maximum absolute atomic E-state index is 14.6. The number of hydrogen-bond acceptors (Lipinski definition) is 3. The number of carbonyl (C=O) groups is 2. The van der Waals surface area contributed by atoms with Gasteiger partial charge in [-0.1, -0.05) is 24.3 Å². The van der Waals surface area contributed by atoms with Gasteiger partial charge in [-0.2, -0.15) is 0 Å². The molecule has 156 valence electrons. The lowest BCUT2D eigenvalue weighted by molar-refractivity contribution is -0.137. The molecule has 2 heterocycles. The third kappa shape index (κ3) is 4.50. The van der Waals surface area contributed by atoms with E-state index >= 15 is 0 Å². The summed E-state index contributed by atoms with van der Waals surface area (Å²) in [6, 6.07) is 8.10. The lowest BCUT2D eigenvalue weighted by Crippen LogP contribution is -2.23. The van der Waals surface area contributed by atoms with Gasteiger partial charge in [0.2, 0.25) is 5.91 Å². The molecule has 1 atom stereocenters. The molecule has 2 aliphatic rings. The summed E-state index contributed by atoms with van der Waals surface area (Å²) >= 11 is 0. The van der Waals surface area contributed by atoms with E-state index in [0.29, 0.717) is 41.2 Å². The fourth-order valence-electron chi connectivity index (χ4n) is 3.82. The van der Waals surface area contributed by atoms with Crippen molar-refractivity contribution in [2.24, 2.45) is 0 Å². The summed E-state index contributed by atoms with van der Waals surface area (Å²) in [5.41, 5.74) is 2.70. The van der Waals surface area contributed by atoms with Gasteiger partial charge >= 0.3 is 5.97 Å². The predicted octanol–water partition coefficient (Wildman–Crippen LogP) is 3.12. The fraction of sp³-hybridized carbons (Fsp3) is 0.348. The maximum Gasteiger partial charge on any atom is 0.303 e. The number of aryl methyl sites for hydroxylation is 1. The Labute approximate surface area is 172 Å². The number of rotatable bonds is 7. The van der Waals surface area contributed by atoms with E-state index in [0.717, 1.165) is 18.4 Å². The standard InChI is InChI=1S/C23H23FN2O4/c24-19-11-15(4-3-14(19)5-10-22(28)29)18(12-16-6-9-21(27)25-16)20-8-7-17(13-1-2-13)23(30)26-20/h3-4,7-8,11-13,16H,1-2,5-6,9-10H2,(H,25,27)(H,26,30)(H,28,29)/b18-12+/t16-/m1/s1. The van der Waals surface area contributed by atoms with Crippen molar-refractivity contribution in [3.8, 4) is 0 Å². The minimum atomic E-state index is -0.982. The molecule has 0 radical (unpaired) electrons.